The van der Waals surface area contributed by atoms with Crippen molar-refractivity contribution in [1.82, 2.24) is 10.7 Å². The number of thiocarbonyl (C=S) groups is 1. The number of amides is 1. The smallest absolute Gasteiger partial charge is 0.250 e. The van der Waals surface area contributed by atoms with Crippen LogP contribution in [0.15, 0.2) is 71.2 Å². The highest BCUT2D eigenvalue weighted by Gasteiger charge is 2.06. The minimum atomic E-state index is -0.392. The molecule has 5 nitrogen and oxygen atoms in total. The van der Waals surface area contributed by atoms with Crippen LogP contribution in [-0.4, -0.2) is 11.0 Å². The predicted molar refractivity (Wildman–Crippen MR) is 117 cm³/mol. The Morgan fingerprint density at radius 2 is 1.71 bits per heavy atom. The first-order valence-corrected chi connectivity index (χ1v) is 9.32. The number of furan rings is 1. The van der Waals surface area contributed by atoms with Crippen LogP contribution in [0.3, 0.4) is 0 Å². The Labute approximate surface area is 177 Å². The molecule has 2 aromatic carbocycles. The van der Waals surface area contributed by atoms with Gasteiger partial charge in [-0.05, 0) is 60.8 Å². The molecule has 8 heteroatoms. The number of rotatable bonds is 5. The number of hydrogen-bond acceptors (Lipinski definition) is 4. The third-order valence-electron chi connectivity index (χ3n) is 3.50. The fraction of sp³-hybridized carbons (Fsp3) is 0. The van der Waals surface area contributed by atoms with Crippen LogP contribution in [0, 0.1) is 0 Å². The maximum atomic E-state index is 12.0. The number of carbonyl (C=O) groups is 1. The maximum Gasteiger partial charge on any atom is 0.250 e. The van der Waals surface area contributed by atoms with Gasteiger partial charge in [0.2, 0.25) is 5.91 Å². The number of carbonyl (C=O) groups excluding carboxylic acids is 1. The van der Waals surface area contributed by atoms with Crippen molar-refractivity contribution in [1.29, 1.82) is 0 Å². The zero-order valence-electron chi connectivity index (χ0n) is 14.4. The fourth-order valence-electron chi connectivity index (χ4n) is 2.29. The summed E-state index contributed by atoms with van der Waals surface area (Å²) in [5.41, 5.74) is 7.18. The van der Waals surface area contributed by atoms with Crippen molar-refractivity contribution in [3.05, 3.63) is 82.5 Å². The molecular formula is C20H15Cl2N3O2S. The van der Waals surface area contributed by atoms with Crippen LogP contribution in [0.1, 0.15) is 5.76 Å². The Hall–Kier alpha value is -2.80. The first-order chi connectivity index (χ1) is 13.5. The molecule has 0 spiro atoms. The van der Waals surface area contributed by atoms with E-state index in [0.717, 1.165) is 11.3 Å². The van der Waals surface area contributed by atoms with Crippen LogP contribution in [0.5, 0.6) is 0 Å². The molecule has 28 heavy (non-hydrogen) atoms. The van der Waals surface area contributed by atoms with Gasteiger partial charge in [0.1, 0.15) is 11.5 Å². The average molecular weight is 432 g/mol. The van der Waals surface area contributed by atoms with Gasteiger partial charge >= 0.3 is 0 Å². The first kappa shape index (κ1) is 19.9. The second-order valence-corrected chi connectivity index (χ2v) is 6.91. The number of hydrogen-bond donors (Lipinski definition) is 3. The topological polar surface area (TPSA) is 66.3 Å². The summed E-state index contributed by atoms with van der Waals surface area (Å²) in [6, 6.07) is 18.0. The van der Waals surface area contributed by atoms with Gasteiger partial charge < -0.3 is 4.42 Å². The second-order valence-electron chi connectivity index (χ2n) is 5.63. The van der Waals surface area contributed by atoms with E-state index in [1.807, 2.05) is 30.3 Å². The largest absolute Gasteiger partial charge is 0.457 e. The molecule has 3 N–H and O–H groups in total. The van der Waals surface area contributed by atoms with Crippen LogP contribution in [0.4, 0.5) is 5.69 Å². The number of halogens is 2. The number of nitrogens with one attached hydrogen (secondary N) is 3. The summed E-state index contributed by atoms with van der Waals surface area (Å²) in [5.74, 6) is 0.701. The highest BCUT2D eigenvalue weighted by Crippen LogP contribution is 2.28. The van der Waals surface area contributed by atoms with Crippen molar-refractivity contribution in [2.24, 2.45) is 0 Å². The molecule has 0 radical (unpaired) electrons. The lowest BCUT2D eigenvalue weighted by atomic mass is 10.2. The summed E-state index contributed by atoms with van der Waals surface area (Å²) >= 11 is 17.1. The molecule has 3 rings (SSSR count). The Bertz CT molecular complexity index is 999. The van der Waals surface area contributed by atoms with E-state index >= 15 is 0 Å². The van der Waals surface area contributed by atoms with Crippen LogP contribution >= 0.6 is 35.4 Å². The molecule has 142 valence electrons. The fourth-order valence-corrected chi connectivity index (χ4v) is 2.96. The van der Waals surface area contributed by atoms with E-state index in [4.69, 9.17) is 39.8 Å². The number of benzene rings is 2. The van der Waals surface area contributed by atoms with Gasteiger partial charge in [-0.15, -0.1) is 0 Å². The van der Waals surface area contributed by atoms with Crippen LogP contribution in [0.25, 0.3) is 17.4 Å². The Morgan fingerprint density at radius 3 is 2.43 bits per heavy atom. The molecule has 0 aliphatic carbocycles. The third kappa shape index (κ3) is 5.85. The number of hydrazine groups is 1. The lowest BCUT2D eigenvalue weighted by molar-refractivity contribution is -0.115. The number of anilines is 1. The van der Waals surface area contributed by atoms with Crippen LogP contribution in [-0.2, 0) is 4.79 Å². The normalized spacial score (nSPS) is 10.6. The molecule has 0 unspecified atom stereocenters. The molecule has 0 fully saturated rings. The van der Waals surface area contributed by atoms with E-state index in [0.29, 0.717) is 21.6 Å². The molecule has 1 aromatic heterocycles. The van der Waals surface area contributed by atoms with Crippen molar-refractivity contribution >= 4 is 58.2 Å². The van der Waals surface area contributed by atoms with Gasteiger partial charge in [-0.3, -0.25) is 21.0 Å². The van der Waals surface area contributed by atoms with E-state index in [1.165, 1.54) is 12.2 Å². The van der Waals surface area contributed by atoms with E-state index in [1.54, 1.807) is 30.3 Å². The van der Waals surface area contributed by atoms with Gasteiger partial charge in [0.15, 0.2) is 5.11 Å². The molecule has 1 heterocycles. The molecular weight excluding hydrogens is 417 g/mol. The van der Waals surface area contributed by atoms with Crippen molar-refractivity contribution in [3.63, 3.8) is 0 Å². The Kier molecular flexibility index (Phi) is 6.71. The predicted octanol–water partition coefficient (Wildman–Crippen LogP) is 5.28. The molecule has 0 saturated carbocycles. The van der Waals surface area contributed by atoms with Gasteiger partial charge in [-0.25, -0.2) is 0 Å². The summed E-state index contributed by atoms with van der Waals surface area (Å²) < 4.78 is 5.70. The van der Waals surface area contributed by atoms with Gasteiger partial charge in [-0.2, -0.15) is 0 Å². The first-order valence-electron chi connectivity index (χ1n) is 8.16. The van der Waals surface area contributed by atoms with E-state index in [2.05, 4.69) is 16.2 Å². The molecule has 0 aliphatic heterocycles. The molecule has 0 atom stereocenters. The van der Waals surface area contributed by atoms with Gasteiger partial charge in [-0.1, -0.05) is 41.4 Å². The summed E-state index contributed by atoms with van der Waals surface area (Å²) in [6.07, 6.45) is 2.86. The van der Waals surface area contributed by atoms with Gasteiger partial charge in [0.25, 0.3) is 0 Å². The SMILES string of the molecule is O=C(C=Cc1ccc(-c2cc(Cl)cc(Cl)c2)o1)NC(=S)NNc1ccccc1. The standard InChI is InChI=1S/C20H15Cl2N3O2S/c21-14-10-13(11-15(22)12-14)18-8-6-17(27-18)7-9-19(26)23-20(28)25-24-16-4-2-1-3-5-16/h1-12,24H,(H2,23,25,26,28). The maximum absolute atomic E-state index is 12.0. The monoisotopic (exact) mass is 431 g/mol. The van der Waals surface area contributed by atoms with Crippen molar-refractivity contribution in [2.45, 2.75) is 0 Å². The van der Waals surface area contributed by atoms with Crippen molar-refractivity contribution < 1.29 is 9.21 Å². The average Bonchev–Trinajstić information content (AvgIpc) is 3.14. The quantitative estimate of drug-likeness (QED) is 0.291. The summed E-state index contributed by atoms with van der Waals surface area (Å²) in [7, 11) is 0. The van der Waals surface area contributed by atoms with Crippen molar-refractivity contribution in [3.8, 4) is 11.3 Å². The van der Waals surface area contributed by atoms with Crippen LogP contribution < -0.4 is 16.2 Å². The lowest BCUT2D eigenvalue weighted by Gasteiger charge is -2.10. The molecule has 0 bridgehead atoms. The third-order valence-corrected chi connectivity index (χ3v) is 4.14. The summed E-state index contributed by atoms with van der Waals surface area (Å²) in [4.78, 5) is 12.0. The molecule has 0 aliphatic rings. The van der Waals surface area contributed by atoms with Crippen LogP contribution in [0.2, 0.25) is 10.0 Å². The number of para-hydroxylation sites is 1. The second kappa shape index (κ2) is 9.41. The summed E-state index contributed by atoms with van der Waals surface area (Å²) in [6.45, 7) is 0. The minimum absolute atomic E-state index is 0.146. The van der Waals surface area contributed by atoms with E-state index in [-0.39, 0.29) is 5.11 Å². The minimum Gasteiger partial charge on any atom is -0.457 e. The zero-order valence-corrected chi connectivity index (χ0v) is 16.7. The summed E-state index contributed by atoms with van der Waals surface area (Å²) in [5, 5.41) is 3.70. The Balaban J connectivity index is 1.54. The molecule has 3 aromatic rings. The van der Waals surface area contributed by atoms with Gasteiger partial charge in [0, 0.05) is 21.7 Å². The lowest BCUT2D eigenvalue weighted by Crippen LogP contribution is -2.41. The van der Waals surface area contributed by atoms with Crippen molar-refractivity contribution in [2.75, 3.05) is 5.43 Å². The van der Waals surface area contributed by atoms with Gasteiger partial charge in [0.05, 0.1) is 5.69 Å². The van der Waals surface area contributed by atoms with E-state index < -0.39 is 5.91 Å². The highest BCUT2D eigenvalue weighted by atomic mass is 35.5. The zero-order chi connectivity index (χ0) is 19.9. The molecule has 1 amide bonds. The van der Waals surface area contributed by atoms with E-state index in [9.17, 15) is 4.79 Å². The Morgan fingerprint density at radius 1 is 1.00 bits per heavy atom. The highest BCUT2D eigenvalue weighted by molar-refractivity contribution is 7.80. The molecule has 0 saturated heterocycles.